The number of nitriles is 1. The number of nitrogens with zero attached hydrogens (tertiary/aromatic N) is 1. The van der Waals surface area contributed by atoms with Crippen molar-refractivity contribution < 1.29 is 4.74 Å². The number of ether oxygens (including phenoxy) is 1. The predicted octanol–water partition coefficient (Wildman–Crippen LogP) is 5.24. The summed E-state index contributed by atoms with van der Waals surface area (Å²) in [6.07, 6.45) is 0. The Labute approximate surface area is 121 Å². The highest BCUT2D eigenvalue weighted by Crippen LogP contribution is 2.32. The summed E-state index contributed by atoms with van der Waals surface area (Å²) in [5.41, 5.74) is 1.77. The highest BCUT2D eigenvalue weighted by Gasteiger charge is 2.08. The molecule has 0 aliphatic heterocycles. The van der Waals surface area contributed by atoms with Crippen LogP contribution in [0.2, 0.25) is 0 Å². The standard InChI is InChI=1S/C16H14BrNO/c1-11(2)14-5-3-4-6-16(14)19-13-8-7-12(10-18)15(17)9-13/h3-9,11H,1-2H3. The van der Waals surface area contributed by atoms with Crippen molar-refractivity contribution in [1.29, 1.82) is 5.26 Å². The lowest BCUT2D eigenvalue weighted by Gasteiger charge is -2.13. The first-order valence-electron chi connectivity index (χ1n) is 6.08. The van der Waals surface area contributed by atoms with Crippen molar-refractivity contribution >= 4 is 15.9 Å². The Morgan fingerprint density at radius 3 is 2.53 bits per heavy atom. The molecule has 0 aromatic heterocycles. The second kappa shape index (κ2) is 5.90. The van der Waals surface area contributed by atoms with Gasteiger partial charge in [-0.05, 0) is 51.7 Å². The fourth-order valence-corrected chi connectivity index (χ4v) is 2.27. The van der Waals surface area contributed by atoms with Crippen LogP contribution in [0.4, 0.5) is 0 Å². The normalized spacial score (nSPS) is 10.3. The van der Waals surface area contributed by atoms with Crippen molar-refractivity contribution in [2.45, 2.75) is 19.8 Å². The van der Waals surface area contributed by atoms with Crippen LogP contribution in [0.3, 0.4) is 0 Å². The van der Waals surface area contributed by atoms with Crippen molar-refractivity contribution in [3.63, 3.8) is 0 Å². The molecule has 2 nitrogen and oxygen atoms in total. The van der Waals surface area contributed by atoms with Crippen LogP contribution in [0.1, 0.15) is 30.9 Å². The van der Waals surface area contributed by atoms with Crippen LogP contribution in [0.25, 0.3) is 0 Å². The fourth-order valence-electron chi connectivity index (χ4n) is 1.83. The van der Waals surface area contributed by atoms with Crippen molar-refractivity contribution in [3.8, 4) is 17.6 Å². The van der Waals surface area contributed by atoms with E-state index in [1.165, 1.54) is 5.56 Å². The summed E-state index contributed by atoms with van der Waals surface area (Å²) in [4.78, 5) is 0. The van der Waals surface area contributed by atoms with Gasteiger partial charge in [0.15, 0.2) is 0 Å². The van der Waals surface area contributed by atoms with E-state index in [4.69, 9.17) is 10.00 Å². The molecule has 0 amide bonds. The van der Waals surface area contributed by atoms with Gasteiger partial charge in [-0.25, -0.2) is 0 Å². The highest BCUT2D eigenvalue weighted by atomic mass is 79.9. The molecule has 0 saturated carbocycles. The minimum atomic E-state index is 0.401. The second-order valence-electron chi connectivity index (χ2n) is 4.55. The molecule has 2 aromatic rings. The van der Waals surface area contributed by atoms with Crippen LogP contribution < -0.4 is 4.74 Å². The van der Waals surface area contributed by atoms with Gasteiger partial charge in [0.1, 0.15) is 17.6 Å². The van der Waals surface area contributed by atoms with E-state index in [9.17, 15) is 0 Å². The lowest BCUT2D eigenvalue weighted by molar-refractivity contribution is 0.473. The van der Waals surface area contributed by atoms with E-state index in [1.54, 1.807) is 12.1 Å². The van der Waals surface area contributed by atoms with Gasteiger partial charge in [-0.15, -0.1) is 0 Å². The molecule has 2 aromatic carbocycles. The summed E-state index contributed by atoms with van der Waals surface area (Å²) >= 11 is 3.37. The molecule has 0 aliphatic carbocycles. The Kier molecular flexibility index (Phi) is 4.24. The molecule has 0 N–H and O–H groups in total. The monoisotopic (exact) mass is 315 g/mol. The van der Waals surface area contributed by atoms with Crippen LogP contribution in [-0.2, 0) is 0 Å². The zero-order chi connectivity index (χ0) is 13.8. The molecule has 2 rings (SSSR count). The Morgan fingerprint density at radius 2 is 1.89 bits per heavy atom. The SMILES string of the molecule is CC(C)c1ccccc1Oc1ccc(C#N)c(Br)c1. The zero-order valence-electron chi connectivity index (χ0n) is 10.9. The molecule has 3 heteroatoms. The lowest BCUT2D eigenvalue weighted by Crippen LogP contribution is -1.93. The Morgan fingerprint density at radius 1 is 1.16 bits per heavy atom. The maximum Gasteiger partial charge on any atom is 0.130 e. The van der Waals surface area contributed by atoms with Crippen LogP contribution in [0.15, 0.2) is 46.9 Å². The van der Waals surface area contributed by atoms with E-state index in [2.05, 4.69) is 41.9 Å². The van der Waals surface area contributed by atoms with E-state index in [-0.39, 0.29) is 0 Å². The highest BCUT2D eigenvalue weighted by molar-refractivity contribution is 9.10. The quantitative estimate of drug-likeness (QED) is 0.776. The molecule has 0 saturated heterocycles. The van der Waals surface area contributed by atoms with Crippen molar-refractivity contribution in [1.82, 2.24) is 0 Å². The van der Waals surface area contributed by atoms with Crippen LogP contribution in [-0.4, -0.2) is 0 Å². The average Bonchev–Trinajstić information content (AvgIpc) is 2.39. The van der Waals surface area contributed by atoms with Crippen LogP contribution in [0, 0.1) is 11.3 Å². The zero-order valence-corrected chi connectivity index (χ0v) is 12.4. The summed E-state index contributed by atoms with van der Waals surface area (Å²) in [7, 11) is 0. The second-order valence-corrected chi connectivity index (χ2v) is 5.40. The molecular weight excluding hydrogens is 302 g/mol. The third kappa shape index (κ3) is 3.15. The van der Waals surface area contributed by atoms with Gasteiger partial charge in [-0.2, -0.15) is 5.26 Å². The largest absolute Gasteiger partial charge is 0.457 e. The molecule has 0 spiro atoms. The minimum Gasteiger partial charge on any atom is -0.457 e. The van der Waals surface area contributed by atoms with E-state index < -0.39 is 0 Å². The summed E-state index contributed by atoms with van der Waals surface area (Å²) < 4.78 is 6.66. The van der Waals surface area contributed by atoms with Crippen LogP contribution >= 0.6 is 15.9 Å². The third-order valence-electron chi connectivity index (χ3n) is 2.83. The van der Waals surface area contributed by atoms with Gasteiger partial charge < -0.3 is 4.74 Å². The average molecular weight is 316 g/mol. The third-order valence-corrected chi connectivity index (χ3v) is 3.49. The summed E-state index contributed by atoms with van der Waals surface area (Å²) in [6.45, 7) is 4.27. The van der Waals surface area contributed by atoms with Crippen LogP contribution in [0.5, 0.6) is 11.5 Å². The molecule has 96 valence electrons. The van der Waals surface area contributed by atoms with Crippen molar-refractivity contribution in [2.24, 2.45) is 0 Å². The first-order chi connectivity index (χ1) is 9.11. The summed E-state index contributed by atoms with van der Waals surface area (Å²) in [5.74, 6) is 1.98. The maximum absolute atomic E-state index is 8.90. The molecule has 0 heterocycles. The summed E-state index contributed by atoms with van der Waals surface area (Å²) in [5, 5.41) is 8.90. The van der Waals surface area contributed by atoms with E-state index >= 15 is 0 Å². The van der Waals surface area contributed by atoms with Gasteiger partial charge >= 0.3 is 0 Å². The van der Waals surface area contributed by atoms with Gasteiger partial charge in [0.05, 0.1) is 5.56 Å². The smallest absolute Gasteiger partial charge is 0.130 e. The molecule has 0 radical (unpaired) electrons. The van der Waals surface area contributed by atoms with E-state index in [1.807, 2.05) is 24.3 Å². The van der Waals surface area contributed by atoms with E-state index in [0.29, 0.717) is 11.5 Å². The Bertz CT molecular complexity index is 629. The topological polar surface area (TPSA) is 33.0 Å². The number of benzene rings is 2. The van der Waals surface area contributed by atoms with Gasteiger partial charge in [0.2, 0.25) is 0 Å². The molecule has 0 atom stereocenters. The molecule has 0 aliphatic rings. The van der Waals surface area contributed by atoms with Crippen molar-refractivity contribution in [2.75, 3.05) is 0 Å². The van der Waals surface area contributed by atoms with Gasteiger partial charge in [0.25, 0.3) is 0 Å². The summed E-state index contributed by atoms with van der Waals surface area (Å²) in [6, 6.07) is 15.5. The molecular formula is C16H14BrNO. The molecule has 0 fully saturated rings. The molecule has 0 bridgehead atoms. The number of hydrogen-bond donors (Lipinski definition) is 0. The van der Waals surface area contributed by atoms with Crippen molar-refractivity contribution in [3.05, 3.63) is 58.1 Å². The van der Waals surface area contributed by atoms with E-state index in [0.717, 1.165) is 16.0 Å². The molecule has 19 heavy (non-hydrogen) atoms. The fraction of sp³-hybridized carbons (Fsp3) is 0.188. The number of halogens is 1. The minimum absolute atomic E-state index is 0.401. The number of para-hydroxylation sites is 1. The first-order valence-corrected chi connectivity index (χ1v) is 6.87. The van der Waals surface area contributed by atoms with Gasteiger partial charge in [-0.3, -0.25) is 0 Å². The molecule has 0 unspecified atom stereocenters. The predicted molar refractivity (Wildman–Crippen MR) is 79.5 cm³/mol. The first kappa shape index (κ1) is 13.6. The maximum atomic E-state index is 8.90. The Hall–Kier alpha value is -1.79. The lowest BCUT2D eigenvalue weighted by atomic mass is 10.0. The van der Waals surface area contributed by atoms with Gasteiger partial charge in [0, 0.05) is 4.47 Å². The van der Waals surface area contributed by atoms with Gasteiger partial charge in [-0.1, -0.05) is 32.0 Å². The number of rotatable bonds is 3. The Balaban J connectivity index is 2.32. The number of hydrogen-bond acceptors (Lipinski definition) is 2.